The lowest BCUT2D eigenvalue weighted by Crippen LogP contribution is -2.10. The third kappa shape index (κ3) is 2.33. The molecule has 6 heteroatoms. The molecule has 3 aromatic rings. The molecule has 0 aliphatic heterocycles. The zero-order valence-corrected chi connectivity index (χ0v) is 11.1. The van der Waals surface area contributed by atoms with Gasteiger partial charge in [-0.2, -0.15) is 8.42 Å². The smallest absolute Gasteiger partial charge is 0.340 e. The minimum absolute atomic E-state index is 0.0273. The van der Waals surface area contributed by atoms with Gasteiger partial charge in [-0.25, -0.2) is 9.97 Å². The Balaban J connectivity index is 2.06. The zero-order valence-electron chi connectivity index (χ0n) is 10.3. The summed E-state index contributed by atoms with van der Waals surface area (Å²) in [5, 5.41) is 0.550. The number of aromatic nitrogens is 2. The van der Waals surface area contributed by atoms with Crippen LogP contribution in [0.3, 0.4) is 0 Å². The largest absolute Gasteiger partial charge is 0.357 e. The van der Waals surface area contributed by atoms with Gasteiger partial charge in [0.15, 0.2) is 0 Å². The van der Waals surface area contributed by atoms with Crippen LogP contribution in [-0.2, 0) is 10.1 Å². The van der Waals surface area contributed by atoms with Crippen LogP contribution in [0.4, 0.5) is 0 Å². The van der Waals surface area contributed by atoms with Crippen LogP contribution in [0.25, 0.3) is 10.9 Å². The first kappa shape index (κ1) is 12.6. The molecule has 0 radical (unpaired) electrons. The summed E-state index contributed by atoms with van der Waals surface area (Å²) in [7, 11) is -3.90. The fourth-order valence-electron chi connectivity index (χ4n) is 1.79. The van der Waals surface area contributed by atoms with Crippen molar-refractivity contribution in [1.82, 2.24) is 9.97 Å². The fourth-order valence-corrected chi connectivity index (χ4v) is 2.71. The van der Waals surface area contributed by atoms with Gasteiger partial charge >= 0.3 is 10.1 Å². The molecule has 2 aromatic carbocycles. The van der Waals surface area contributed by atoms with Gasteiger partial charge in [-0.15, -0.1) is 0 Å². The van der Waals surface area contributed by atoms with Gasteiger partial charge in [-0.3, -0.25) is 0 Å². The molecule has 0 unspecified atom stereocenters. The highest BCUT2D eigenvalue weighted by Crippen LogP contribution is 2.24. The predicted molar refractivity (Wildman–Crippen MR) is 73.8 cm³/mol. The van der Waals surface area contributed by atoms with Crippen molar-refractivity contribution in [2.75, 3.05) is 0 Å². The van der Waals surface area contributed by atoms with E-state index in [4.69, 9.17) is 4.18 Å². The van der Waals surface area contributed by atoms with E-state index in [0.717, 1.165) is 0 Å². The van der Waals surface area contributed by atoms with Crippen molar-refractivity contribution in [3.63, 3.8) is 0 Å². The van der Waals surface area contributed by atoms with Crippen LogP contribution < -0.4 is 4.18 Å². The number of hydrogen-bond acceptors (Lipinski definition) is 5. The van der Waals surface area contributed by atoms with E-state index < -0.39 is 10.1 Å². The molecule has 0 fully saturated rings. The molecule has 0 N–H and O–H groups in total. The monoisotopic (exact) mass is 286 g/mol. The van der Waals surface area contributed by atoms with Crippen molar-refractivity contribution >= 4 is 21.0 Å². The minimum atomic E-state index is -3.90. The summed E-state index contributed by atoms with van der Waals surface area (Å²) in [6, 6.07) is 15.0. The van der Waals surface area contributed by atoms with Crippen LogP contribution >= 0.6 is 0 Å². The second-order valence-electron chi connectivity index (χ2n) is 4.05. The lowest BCUT2D eigenvalue weighted by Gasteiger charge is -2.07. The predicted octanol–water partition coefficient (Wildman–Crippen LogP) is 2.40. The molecule has 0 amide bonds. The van der Waals surface area contributed by atoms with Crippen molar-refractivity contribution in [2.45, 2.75) is 4.90 Å². The van der Waals surface area contributed by atoms with E-state index >= 15 is 0 Å². The average molecular weight is 286 g/mol. The quantitative estimate of drug-likeness (QED) is 0.691. The van der Waals surface area contributed by atoms with Gasteiger partial charge in [0.25, 0.3) is 0 Å². The van der Waals surface area contributed by atoms with E-state index in [9.17, 15) is 8.42 Å². The molecular formula is C14H10N2O3S. The molecule has 0 saturated carbocycles. The Morgan fingerprint density at radius 2 is 1.55 bits per heavy atom. The van der Waals surface area contributed by atoms with Gasteiger partial charge in [-0.05, 0) is 24.3 Å². The van der Waals surface area contributed by atoms with E-state index in [1.807, 2.05) is 6.07 Å². The first-order valence-electron chi connectivity index (χ1n) is 5.86. The highest BCUT2D eigenvalue weighted by molar-refractivity contribution is 7.87. The lowest BCUT2D eigenvalue weighted by atomic mass is 10.2. The Bertz CT molecular complexity index is 843. The molecule has 0 aliphatic carbocycles. The van der Waals surface area contributed by atoms with Crippen LogP contribution in [0.1, 0.15) is 0 Å². The Labute approximate surface area is 116 Å². The molecule has 1 heterocycles. The highest BCUT2D eigenvalue weighted by Gasteiger charge is 2.18. The van der Waals surface area contributed by atoms with E-state index in [1.165, 1.54) is 18.5 Å². The van der Waals surface area contributed by atoms with Crippen LogP contribution in [0.15, 0.2) is 65.8 Å². The molecule has 5 nitrogen and oxygen atoms in total. The first-order valence-corrected chi connectivity index (χ1v) is 7.27. The van der Waals surface area contributed by atoms with Crippen molar-refractivity contribution in [1.29, 1.82) is 0 Å². The van der Waals surface area contributed by atoms with Crippen LogP contribution in [0, 0.1) is 0 Å². The van der Waals surface area contributed by atoms with Gasteiger partial charge in [0.05, 0.1) is 10.9 Å². The topological polar surface area (TPSA) is 69.2 Å². The first-order chi connectivity index (χ1) is 9.67. The SMILES string of the molecule is O=S(=O)(Oc1ncnc2ccccc12)c1ccccc1. The minimum Gasteiger partial charge on any atom is -0.357 e. The Morgan fingerprint density at radius 3 is 2.35 bits per heavy atom. The van der Waals surface area contributed by atoms with Crippen LogP contribution in [0.5, 0.6) is 5.88 Å². The number of nitrogens with zero attached hydrogens (tertiary/aromatic N) is 2. The van der Waals surface area contributed by atoms with Crippen LogP contribution in [0.2, 0.25) is 0 Å². The number of fused-ring (bicyclic) bond motifs is 1. The summed E-state index contributed by atoms with van der Waals surface area (Å²) in [5.41, 5.74) is 0.626. The fraction of sp³-hybridized carbons (Fsp3) is 0. The highest BCUT2D eigenvalue weighted by atomic mass is 32.2. The Hall–Kier alpha value is -2.47. The maximum absolute atomic E-state index is 12.2. The number of rotatable bonds is 3. The van der Waals surface area contributed by atoms with Crippen molar-refractivity contribution < 1.29 is 12.6 Å². The number of para-hydroxylation sites is 1. The molecule has 3 rings (SSSR count). The number of hydrogen-bond donors (Lipinski definition) is 0. The maximum atomic E-state index is 12.2. The molecule has 0 bridgehead atoms. The lowest BCUT2D eigenvalue weighted by molar-refractivity contribution is 0.479. The zero-order chi connectivity index (χ0) is 14.0. The summed E-state index contributed by atoms with van der Waals surface area (Å²) in [6.07, 6.45) is 1.28. The van der Waals surface area contributed by atoms with E-state index in [1.54, 1.807) is 36.4 Å². The summed E-state index contributed by atoms with van der Waals surface area (Å²) in [5.74, 6) is 0.0273. The Kier molecular flexibility index (Phi) is 3.08. The molecule has 1 aromatic heterocycles. The molecule has 100 valence electrons. The molecule has 20 heavy (non-hydrogen) atoms. The van der Waals surface area contributed by atoms with Gasteiger partial charge in [0.1, 0.15) is 11.2 Å². The van der Waals surface area contributed by atoms with Gasteiger partial charge < -0.3 is 4.18 Å². The van der Waals surface area contributed by atoms with E-state index in [-0.39, 0.29) is 10.8 Å². The summed E-state index contributed by atoms with van der Waals surface area (Å²) < 4.78 is 29.4. The number of benzene rings is 2. The standard InChI is InChI=1S/C14H10N2O3S/c17-20(18,11-6-2-1-3-7-11)19-14-12-8-4-5-9-13(12)15-10-16-14/h1-10H. The third-order valence-corrected chi connectivity index (χ3v) is 3.95. The second-order valence-corrected chi connectivity index (χ2v) is 5.59. The molecule has 0 aliphatic rings. The van der Waals surface area contributed by atoms with Gasteiger partial charge in [-0.1, -0.05) is 30.3 Å². The van der Waals surface area contributed by atoms with Gasteiger partial charge in [0, 0.05) is 0 Å². The summed E-state index contributed by atoms with van der Waals surface area (Å²) >= 11 is 0. The second kappa shape index (κ2) is 4.90. The molecular weight excluding hydrogens is 276 g/mol. The van der Waals surface area contributed by atoms with Gasteiger partial charge in [0.2, 0.25) is 5.88 Å². The maximum Gasteiger partial charge on any atom is 0.340 e. The van der Waals surface area contributed by atoms with E-state index in [2.05, 4.69) is 9.97 Å². The molecule has 0 spiro atoms. The molecule has 0 atom stereocenters. The summed E-state index contributed by atoms with van der Waals surface area (Å²) in [4.78, 5) is 8.05. The Morgan fingerprint density at radius 1 is 0.850 bits per heavy atom. The summed E-state index contributed by atoms with van der Waals surface area (Å²) in [6.45, 7) is 0. The molecule has 0 saturated heterocycles. The van der Waals surface area contributed by atoms with Crippen LogP contribution in [-0.4, -0.2) is 18.4 Å². The average Bonchev–Trinajstić information content (AvgIpc) is 2.48. The van der Waals surface area contributed by atoms with E-state index in [0.29, 0.717) is 10.9 Å². The van der Waals surface area contributed by atoms with Crippen molar-refractivity contribution in [3.8, 4) is 5.88 Å². The third-order valence-electron chi connectivity index (χ3n) is 2.73. The van der Waals surface area contributed by atoms with Crippen molar-refractivity contribution in [3.05, 3.63) is 60.9 Å². The normalized spacial score (nSPS) is 11.4. The van der Waals surface area contributed by atoms with Crippen molar-refractivity contribution in [2.24, 2.45) is 0 Å².